The molecule has 28 heavy (non-hydrogen) atoms. The highest BCUT2D eigenvalue weighted by atomic mass is 16.2. The number of likely N-dealkylation sites (N-methyl/N-ethyl adjacent to an activating group) is 1. The Bertz CT molecular complexity index is 670. The number of carbonyl (C=O) groups is 1. The number of hydrogen-bond donors (Lipinski definition) is 0. The molecule has 0 saturated carbocycles. The number of amides is 1. The third kappa shape index (κ3) is 4.72. The van der Waals surface area contributed by atoms with Gasteiger partial charge in [0.25, 0.3) is 0 Å². The number of piperazine rings is 2. The van der Waals surface area contributed by atoms with Gasteiger partial charge in [0.1, 0.15) is 12.1 Å². The molecule has 2 saturated heterocycles. The molecule has 1 aromatic carbocycles. The third-order valence-corrected chi connectivity index (χ3v) is 6.04. The molecule has 2 unspecified atom stereocenters. The van der Waals surface area contributed by atoms with Crippen LogP contribution in [0.1, 0.15) is 25.5 Å². The Morgan fingerprint density at radius 3 is 2.04 bits per heavy atom. The number of rotatable bonds is 5. The minimum atomic E-state index is -0.210. The number of carbonyl (C=O) groups excluding carboxylic acids is 1. The molecule has 0 radical (unpaired) electrons. The summed E-state index contributed by atoms with van der Waals surface area (Å²) >= 11 is 0. The van der Waals surface area contributed by atoms with Crippen molar-refractivity contribution in [3.05, 3.63) is 35.9 Å². The van der Waals surface area contributed by atoms with E-state index in [1.54, 1.807) is 0 Å². The Hall–Kier alpha value is -1.94. The average Bonchev–Trinajstić information content (AvgIpc) is 2.71. The lowest BCUT2D eigenvalue weighted by Gasteiger charge is -2.42. The molecule has 2 aliphatic heterocycles. The molecule has 6 heteroatoms. The van der Waals surface area contributed by atoms with E-state index in [2.05, 4.69) is 53.8 Å². The van der Waals surface area contributed by atoms with E-state index in [0.29, 0.717) is 19.0 Å². The minimum Gasteiger partial charge on any atom is -0.338 e. The molecule has 0 spiro atoms. The van der Waals surface area contributed by atoms with E-state index in [4.69, 9.17) is 0 Å². The van der Waals surface area contributed by atoms with Crippen molar-refractivity contribution < 1.29 is 4.79 Å². The van der Waals surface area contributed by atoms with Crippen molar-refractivity contribution in [3.63, 3.8) is 0 Å². The Morgan fingerprint density at radius 1 is 0.929 bits per heavy atom. The summed E-state index contributed by atoms with van der Waals surface area (Å²) in [7, 11) is 2.14. The van der Waals surface area contributed by atoms with E-state index in [-0.39, 0.29) is 18.0 Å². The molecule has 0 aromatic heterocycles. The predicted molar refractivity (Wildman–Crippen MR) is 111 cm³/mol. The van der Waals surface area contributed by atoms with Crippen LogP contribution in [0.3, 0.4) is 0 Å². The Labute approximate surface area is 169 Å². The van der Waals surface area contributed by atoms with Gasteiger partial charge in [-0.1, -0.05) is 44.2 Å². The highest BCUT2D eigenvalue weighted by Gasteiger charge is 2.35. The number of nitriles is 1. The fourth-order valence-electron chi connectivity index (χ4n) is 4.27. The van der Waals surface area contributed by atoms with E-state index in [0.717, 1.165) is 44.8 Å². The molecule has 2 fully saturated rings. The maximum absolute atomic E-state index is 13.5. The number of hydrogen-bond acceptors (Lipinski definition) is 5. The van der Waals surface area contributed by atoms with Crippen molar-refractivity contribution in [2.75, 3.05) is 59.4 Å². The van der Waals surface area contributed by atoms with Crippen LogP contribution >= 0.6 is 0 Å². The molecule has 152 valence electrons. The summed E-state index contributed by atoms with van der Waals surface area (Å²) in [6.45, 7) is 10.9. The van der Waals surface area contributed by atoms with Crippen molar-refractivity contribution in [2.24, 2.45) is 5.92 Å². The summed E-state index contributed by atoms with van der Waals surface area (Å²) in [6, 6.07) is 12.3. The Kier molecular flexibility index (Phi) is 7.06. The molecule has 2 atom stereocenters. The van der Waals surface area contributed by atoms with E-state index in [1.807, 2.05) is 23.1 Å². The predicted octanol–water partition coefficient (Wildman–Crippen LogP) is 1.67. The zero-order valence-electron chi connectivity index (χ0n) is 17.4. The van der Waals surface area contributed by atoms with Crippen molar-refractivity contribution in [3.8, 4) is 6.07 Å². The van der Waals surface area contributed by atoms with Gasteiger partial charge in [-0.2, -0.15) is 5.26 Å². The second-order valence-corrected chi connectivity index (χ2v) is 8.33. The highest BCUT2D eigenvalue weighted by molar-refractivity contribution is 5.83. The fourth-order valence-corrected chi connectivity index (χ4v) is 4.27. The zero-order chi connectivity index (χ0) is 20.1. The monoisotopic (exact) mass is 383 g/mol. The van der Waals surface area contributed by atoms with Gasteiger partial charge in [-0.05, 0) is 18.5 Å². The first kappa shape index (κ1) is 20.8. The van der Waals surface area contributed by atoms with Gasteiger partial charge in [0.2, 0.25) is 5.91 Å². The van der Waals surface area contributed by atoms with Crippen LogP contribution in [0.25, 0.3) is 0 Å². The SMILES string of the molecule is CC(C)C(C#N)N1CCN(C(=O)C(c2ccccc2)N2CCN(C)CC2)CC1. The Balaban J connectivity index is 1.71. The lowest BCUT2D eigenvalue weighted by molar-refractivity contribution is -0.140. The molecule has 2 aliphatic rings. The van der Waals surface area contributed by atoms with Crippen LogP contribution in [0.2, 0.25) is 0 Å². The van der Waals surface area contributed by atoms with Crippen molar-refractivity contribution >= 4 is 5.91 Å². The van der Waals surface area contributed by atoms with Crippen molar-refractivity contribution in [2.45, 2.75) is 25.9 Å². The lowest BCUT2D eigenvalue weighted by atomic mass is 10.0. The maximum atomic E-state index is 13.5. The standard InChI is InChI=1S/C22H33N5O/c1-18(2)20(17-23)25-13-15-27(16-14-25)22(28)21(19-7-5-4-6-8-19)26-11-9-24(3)10-12-26/h4-8,18,20-21H,9-16H2,1-3H3. The van der Waals surface area contributed by atoms with Crippen LogP contribution < -0.4 is 0 Å². The molecule has 3 rings (SSSR count). The van der Waals surface area contributed by atoms with E-state index in [1.165, 1.54) is 0 Å². The quantitative estimate of drug-likeness (QED) is 0.774. The van der Waals surface area contributed by atoms with Crippen LogP contribution in [0, 0.1) is 17.2 Å². The van der Waals surface area contributed by atoms with Gasteiger partial charge in [0, 0.05) is 52.4 Å². The first-order valence-electron chi connectivity index (χ1n) is 10.4. The fraction of sp³-hybridized carbons (Fsp3) is 0.636. The number of nitrogens with zero attached hydrogens (tertiary/aromatic N) is 5. The third-order valence-electron chi connectivity index (χ3n) is 6.04. The van der Waals surface area contributed by atoms with Gasteiger partial charge in [-0.25, -0.2) is 0 Å². The second kappa shape index (κ2) is 9.51. The highest BCUT2D eigenvalue weighted by Crippen LogP contribution is 2.25. The normalized spacial score (nSPS) is 22.0. The molecule has 2 heterocycles. The summed E-state index contributed by atoms with van der Waals surface area (Å²) < 4.78 is 0. The maximum Gasteiger partial charge on any atom is 0.244 e. The van der Waals surface area contributed by atoms with Gasteiger partial charge in [-0.3, -0.25) is 14.6 Å². The molecule has 6 nitrogen and oxygen atoms in total. The molecule has 1 aromatic rings. The zero-order valence-corrected chi connectivity index (χ0v) is 17.4. The summed E-state index contributed by atoms with van der Waals surface area (Å²) in [6.07, 6.45) is 0. The van der Waals surface area contributed by atoms with Gasteiger partial charge in [0.05, 0.1) is 6.07 Å². The van der Waals surface area contributed by atoms with Crippen molar-refractivity contribution in [1.82, 2.24) is 19.6 Å². The number of benzene rings is 1. The first-order valence-corrected chi connectivity index (χ1v) is 10.4. The van der Waals surface area contributed by atoms with E-state index >= 15 is 0 Å². The van der Waals surface area contributed by atoms with Crippen LogP contribution in [0.4, 0.5) is 0 Å². The molecular formula is C22H33N5O. The summed E-state index contributed by atoms with van der Waals surface area (Å²) in [4.78, 5) is 22.4. The van der Waals surface area contributed by atoms with E-state index < -0.39 is 0 Å². The average molecular weight is 384 g/mol. The molecule has 0 N–H and O–H groups in total. The van der Waals surface area contributed by atoms with Gasteiger partial charge >= 0.3 is 0 Å². The summed E-state index contributed by atoms with van der Waals surface area (Å²) in [5.74, 6) is 0.503. The lowest BCUT2D eigenvalue weighted by Crippen LogP contribution is -2.56. The molecule has 1 amide bonds. The van der Waals surface area contributed by atoms with Crippen LogP contribution in [0.15, 0.2) is 30.3 Å². The summed E-state index contributed by atoms with van der Waals surface area (Å²) in [5, 5.41) is 9.47. The van der Waals surface area contributed by atoms with Gasteiger partial charge in [0.15, 0.2) is 0 Å². The largest absolute Gasteiger partial charge is 0.338 e. The van der Waals surface area contributed by atoms with Crippen LogP contribution in [0.5, 0.6) is 0 Å². The smallest absolute Gasteiger partial charge is 0.244 e. The minimum absolute atomic E-state index is 0.0696. The molecule has 0 bridgehead atoms. The van der Waals surface area contributed by atoms with Crippen LogP contribution in [-0.4, -0.2) is 91.0 Å². The van der Waals surface area contributed by atoms with Crippen LogP contribution in [-0.2, 0) is 4.79 Å². The second-order valence-electron chi connectivity index (χ2n) is 8.33. The Morgan fingerprint density at radius 2 is 1.50 bits per heavy atom. The molecular weight excluding hydrogens is 350 g/mol. The van der Waals surface area contributed by atoms with Crippen molar-refractivity contribution in [1.29, 1.82) is 5.26 Å². The van der Waals surface area contributed by atoms with Gasteiger partial charge in [-0.15, -0.1) is 0 Å². The van der Waals surface area contributed by atoms with Gasteiger partial charge < -0.3 is 9.80 Å². The summed E-state index contributed by atoms with van der Waals surface area (Å²) in [5.41, 5.74) is 1.08. The topological polar surface area (TPSA) is 53.8 Å². The van der Waals surface area contributed by atoms with E-state index in [9.17, 15) is 10.1 Å². The molecule has 0 aliphatic carbocycles. The first-order chi connectivity index (χ1) is 13.5.